The van der Waals surface area contributed by atoms with E-state index in [4.69, 9.17) is 15.2 Å². The van der Waals surface area contributed by atoms with Crippen LogP contribution in [-0.4, -0.2) is 13.2 Å². The summed E-state index contributed by atoms with van der Waals surface area (Å²) in [6, 6.07) is 4.38. The second-order valence-electron chi connectivity index (χ2n) is 5.06. The van der Waals surface area contributed by atoms with E-state index in [2.05, 4.69) is 19.1 Å². The number of ether oxygens (including phenoxy) is 2. The SMILES string of the molecule is CC1CC[C@@H](N)c2cc3c(cc21)OCCCO3. The molecule has 2 N–H and O–H groups in total. The van der Waals surface area contributed by atoms with Gasteiger partial charge in [0.2, 0.25) is 0 Å². The van der Waals surface area contributed by atoms with Gasteiger partial charge in [-0.2, -0.15) is 0 Å². The predicted octanol–water partition coefficient (Wildman–Crippen LogP) is 2.75. The van der Waals surface area contributed by atoms with Crippen LogP contribution < -0.4 is 15.2 Å². The standard InChI is InChI=1S/C14H19NO2/c1-9-3-4-12(15)11-8-14-13(7-10(9)11)16-5-2-6-17-14/h7-9,12H,2-6,15H2,1H3/t9?,12-/m1/s1. The van der Waals surface area contributed by atoms with E-state index in [1.807, 2.05) is 0 Å². The lowest BCUT2D eigenvalue weighted by molar-refractivity contribution is 0.297. The molecule has 1 aromatic rings. The summed E-state index contributed by atoms with van der Waals surface area (Å²) in [6.45, 7) is 3.73. The van der Waals surface area contributed by atoms with Crippen molar-refractivity contribution in [2.24, 2.45) is 5.73 Å². The van der Waals surface area contributed by atoms with Gasteiger partial charge in [0.15, 0.2) is 11.5 Å². The Labute approximate surface area is 102 Å². The molecule has 3 heteroatoms. The molecule has 2 atom stereocenters. The van der Waals surface area contributed by atoms with E-state index in [1.54, 1.807) is 0 Å². The van der Waals surface area contributed by atoms with E-state index in [1.165, 1.54) is 11.1 Å². The Morgan fingerprint density at radius 1 is 1.06 bits per heavy atom. The summed E-state index contributed by atoms with van der Waals surface area (Å²) in [5.74, 6) is 2.33. The van der Waals surface area contributed by atoms with Crippen molar-refractivity contribution >= 4 is 0 Å². The normalized spacial score (nSPS) is 27.2. The van der Waals surface area contributed by atoms with E-state index in [9.17, 15) is 0 Å². The van der Waals surface area contributed by atoms with Crippen LogP contribution in [0.25, 0.3) is 0 Å². The first-order chi connectivity index (χ1) is 8.25. The van der Waals surface area contributed by atoms with Crippen molar-refractivity contribution < 1.29 is 9.47 Å². The molecular formula is C14H19NO2. The average Bonchev–Trinajstić information content (AvgIpc) is 2.57. The second-order valence-corrected chi connectivity index (χ2v) is 5.06. The third-order valence-electron chi connectivity index (χ3n) is 3.79. The quantitative estimate of drug-likeness (QED) is 0.749. The maximum atomic E-state index is 6.18. The zero-order valence-corrected chi connectivity index (χ0v) is 10.2. The maximum Gasteiger partial charge on any atom is 0.161 e. The Bertz CT molecular complexity index is 391. The molecule has 0 saturated carbocycles. The van der Waals surface area contributed by atoms with E-state index in [0.29, 0.717) is 5.92 Å². The molecule has 0 saturated heterocycles. The molecular weight excluding hydrogens is 214 g/mol. The Balaban J connectivity index is 2.08. The van der Waals surface area contributed by atoms with Crippen molar-refractivity contribution in [3.8, 4) is 11.5 Å². The lowest BCUT2D eigenvalue weighted by atomic mass is 9.81. The van der Waals surface area contributed by atoms with Gasteiger partial charge < -0.3 is 15.2 Å². The summed E-state index contributed by atoms with van der Waals surface area (Å²) in [4.78, 5) is 0. The number of hydrogen-bond acceptors (Lipinski definition) is 3. The van der Waals surface area contributed by atoms with Gasteiger partial charge in [-0.1, -0.05) is 6.92 Å². The molecule has 1 aliphatic carbocycles. The molecule has 17 heavy (non-hydrogen) atoms. The molecule has 0 amide bonds. The van der Waals surface area contributed by atoms with E-state index in [-0.39, 0.29) is 6.04 Å². The minimum Gasteiger partial charge on any atom is -0.490 e. The van der Waals surface area contributed by atoms with E-state index in [0.717, 1.165) is 44.0 Å². The van der Waals surface area contributed by atoms with Gasteiger partial charge in [-0.05, 0) is 42.0 Å². The smallest absolute Gasteiger partial charge is 0.161 e. The van der Waals surface area contributed by atoms with Gasteiger partial charge in [-0.15, -0.1) is 0 Å². The van der Waals surface area contributed by atoms with E-state index >= 15 is 0 Å². The van der Waals surface area contributed by atoms with Crippen molar-refractivity contribution in [2.45, 2.75) is 38.1 Å². The Morgan fingerprint density at radius 2 is 1.71 bits per heavy atom. The first-order valence-corrected chi connectivity index (χ1v) is 6.44. The zero-order chi connectivity index (χ0) is 11.8. The molecule has 1 aliphatic heterocycles. The highest BCUT2D eigenvalue weighted by Gasteiger charge is 2.25. The van der Waals surface area contributed by atoms with Crippen LogP contribution in [0, 0.1) is 0 Å². The predicted molar refractivity (Wildman–Crippen MR) is 66.6 cm³/mol. The molecule has 1 aromatic carbocycles. The summed E-state index contributed by atoms with van der Waals surface area (Å²) in [5, 5.41) is 0. The molecule has 3 rings (SSSR count). The summed E-state index contributed by atoms with van der Waals surface area (Å²) >= 11 is 0. The van der Waals surface area contributed by atoms with E-state index < -0.39 is 0 Å². The van der Waals surface area contributed by atoms with Crippen LogP contribution in [0.5, 0.6) is 11.5 Å². The van der Waals surface area contributed by atoms with Gasteiger partial charge in [0, 0.05) is 12.5 Å². The zero-order valence-electron chi connectivity index (χ0n) is 10.2. The van der Waals surface area contributed by atoms with Gasteiger partial charge in [-0.3, -0.25) is 0 Å². The minimum atomic E-state index is 0.151. The molecule has 1 unspecified atom stereocenters. The molecule has 0 fully saturated rings. The summed E-state index contributed by atoms with van der Waals surface area (Å²) < 4.78 is 11.4. The van der Waals surface area contributed by atoms with Crippen molar-refractivity contribution in [1.29, 1.82) is 0 Å². The lowest BCUT2D eigenvalue weighted by Crippen LogP contribution is -2.19. The molecule has 2 aliphatic rings. The monoisotopic (exact) mass is 233 g/mol. The molecule has 0 bridgehead atoms. The van der Waals surface area contributed by atoms with Crippen molar-refractivity contribution in [2.75, 3.05) is 13.2 Å². The maximum absolute atomic E-state index is 6.18. The highest BCUT2D eigenvalue weighted by atomic mass is 16.5. The van der Waals surface area contributed by atoms with Gasteiger partial charge in [-0.25, -0.2) is 0 Å². The minimum absolute atomic E-state index is 0.151. The fourth-order valence-electron chi connectivity index (χ4n) is 2.73. The Kier molecular flexibility index (Phi) is 2.71. The van der Waals surface area contributed by atoms with Crippen molar-refractivity contribution in [3.63, 3.8) is 0 Å². The second kappa shape index (κ2) is 4.22. The first-order valence-electron chi connectivity index (χ1n) is 6.44. The van der Waals surface area contributed by atoms with Crippen LogP contribution in [0.3, 0.4) is 0 Å². The van der Waals surface area contributed by atoms with Crippen LogP contribution in [0.15, 0.2) is 12.1 Å². The summed E-state index contributed by atoms with van der Waals surface area (Å²) in [5.41, 5.74) is 8.77. The fraction of sp³-hybridized carbons (Fsp3) is 0.571. The molecule has 92 valence electrons. The molecule has 0 spiro atoms. The highest BCUT2D eigenvalue weighted by Crippen LogP contribution is 2.42. The molecule has 0 aromatic heterocycles. The van der Waals surface area contributed by atoms with Crippen LogP contribution >= 0.6 is 0 Å². The number of hydrogen-bond donors (Lipinski definition) is 1. The number of rotatable bonds is 0. The Hall–Kier alpha value is -1.22. The largest absolute Gasteiger partial charge is 0.490 e. The van der Waals surface area contributed by atoms with Crippen LogP contribution in [0.2, 0.25) is 0 Å². The van der Waals surface area contributed by atoms with Crippen LogP contribution in [-0.2, 0) is 0 Å². The van der Waals surface area contributed by atoms with Crippen molar-refractivity contribution in [1.82, 2.24) is 0 Å². The third-order valence-corrected chi connectivity index (χ3v) is 3.79. The number of fused-ring (bicyclic) bond motifs is 2. The fourth-order valence-corrected chi connectivity index (χ4v) is 2.73. The van der Waals surface area contributed by atoms with Gasteiger partial charge in [0.1, 0.15) is 0 Å². The summed E-state index contributed by atoms with van der Waals surface area (Å²) in [6.07, 6.45) is 3.17. The molecule has 3 nitrogen and oxygen atoms in total. The topological polar surface area (TPSA) is 44.5 Å². The Morgan fingerprint density at radius 3 is 2.41 bits per heavy atom. The average molecular weight is 233 g/mol. The van der Waals surface area contributed by atoms with Crippen LogP contribution in [0.1, 0.15) is 49.3 Å². The van der Waals surface area contributed by atoms with Gasteiger partial charge in [0.25, 0.3) is 0 Å². The molecule has 0 radical (unpaired) electrons. The molecule has 1 heterocycles. The number of nitrogens with two attached hydrogens (primary N) is 1. The summed E-state index contributed by atoms with van der Waals surface area (Å²) in [7, 11) is 0. The lowest BCUT2D eigenvalue weighted by Gasteiger charge is -2.28. The van der Waals surface area contributed by atoms with Gasteiger partial charge >= 0.3 is 0 Å². The van der Waals surface area contributed by atoms with Crippen LogP contribution in [0.4, 0.5) is 0 Å². The highest BCUT2D eigenvalue weighted by molar-refractivity contribution is 5.50. The third kappa shape index (κ3) is 1.89. The van der Waals surface area contributed by atoms with Gasteiger partial charge in [0.05, 0.1) is 13.2 Å². The van der Waals surface area contributed by atoms with Crippen molar-refractivity contribution in [3.05, 3.63) is 23.3 Å². The first kappa shape index (κ1) is 10.9. The number of benzene rings is 1.